The van der Waals surface area contributed by atoms with Crippen LogP contribution in [0.5, 0.6) is 0 Å². The molecule has 2 N–H and O–H groups in total. The summed E-state index contributed by atoms with van der Waals surface area (Å²) in [7, 11) is 0. The van der Waals surface area contributed by atoms with Crippen molar-refractivity contribution in [1.29, 1.82) is 0 Å². The molecule has 0 saturated carbocycles. The monoisotopic (exact) mass is 423 g/mol. The topological polar surface area (TPSA) is 90.0 Å². The molecule has 8 nitrogen and oxygen atoms in total. The first-order chi connectivity index (χ1) is 15.1. The highest BCUT2D eigenvalue weighted by Gasteiger charge is 2.36. The van der Waals surface area contributed by atoms with Crippen LogP contribution in [0.15, 0.2) is 6.20 Å². The number of hydrogen-bond acceptors (Lipinski definition) is 6. The molecular weight excluding hydrogens is 390 g/mol. The summed E-state index contributed by atoms with van der Waals surface area (Å²) in [5.74, 6) is 2.87. The van der Waals surface area contributed by atoms with Gasteiger partial charge in [-0.25, -0.2) is 9.97 Å². The minimum atomic E-state index is -0.137. The van der Waals surface area contributed by atoms with E-state index in [4.69, 9.17) is 9.97 Å². The van der Waals surface area contributed by atoms with Gasteiger partial charge in [-0.15, -0.1) is 0 Å². The smallest absolute Gasteiger partial charge is 0.245 e. The Labute approximate surface area is 183 Å². The van der Waals surface area contributed by atoms with E-state index in [1.165, 1.54) is 12.0 Å². The summed E-state index contributed by atoms with van der Waals surface area (Å²) in [4.78, 5) is 35.1. The normalized spacial score (nSPS) is 21.1. The molecule has 0 unspecified atom stereocenters. The van der Waals surface area contributed by atoms with E-state index >= 15 is 0 Å². The van der Waals surface area contributed by atoms with Gasteiger partial charge in [0.1, 0.15) is 11.9 Å². The van der Waals surface area contributed by atoms with Crippen molar-refractivity contribution >= 4 is 23.6 Å². The maximum atomic E-state index is 13.3. The number of rotatable bonds is 5. The molecule has 5 rings (SSSR count). The summed E-state index contributed by atoms with van der Waals surface area (Å²) < 4.78 is 0. The molecule has 0 spiro atoms. The molecule has 2 aromatic heterocycles. The number of anilines is 3. The summed E-state index contributed by atoms with van der Waals surface area (Å²) >= 11 is 0. The molecule has 2 aromatic rings. The van der Waals surface area contributed by atoms with Crippen LogP contribution in [0.25, 0.3) is 0 Å². The molecule has 2 saturated heterocycles. The number of fused-ring (bicyclic) bond motifs is 1. The molecule has 2 fully saturated rings. The quantitative estimate of drug-likeness (QED) is 0.765. The average Bonchev–Trinajstić information content (AvgIpc) is 3.53. The van der Waals surface area contributed by atoms with E-state index in [9.17, 15) is 4.79 Å². The number of nitrogens with zero attached hydrogens (tertiary/aromatic N) is 5. The summed E-state index contributed by atoms with van der Waals surface area (Å²) in [5, 5.41) is 3.41. The van der Waals surface area contributed by atoms with Crippen molar-refractivity contribution in [2.45, 2.75) is 77.2 Å². The molecule has 166 valence electrons. The zero-order valence-corrected chi connectivity index (χ0v) is 18.7. The molecule has 0 radical (unpaired) electrons. The largest absolute Gasteiger partial charge is 0.341 e. The summed E-state index contributed by atoms with van der Waals surface area (Å²) in [6, 6.07) is -0.137. The molecule has 3 aliphatic rings. The average molecular weight is 424 g/mol. The minimum Gasteiger partial charge on any atom is -0.341 e. The van der Waals surface area contributed by atoms with Gasteiger partial charge in [0.15, 0.2) is 0 Å². The van der Waals surface area contributed by atoms with E-state index in [-0.39, 0.29) is 11.9 Å². The number of imidazole rings is 1. The van der Waals surface area contributed by atoms with Crippen LogP contribution < -0.4 is 10.2 Å². The second kappa shape index (κ2) is 8.48. The predicted octanol–water partition coefficient (Wildman–Crippen LogP) is 3.54. The third-order valence-electron chi connectivity index (χ3n) is 6.84. The lowest BCUT2D eigenvalue weighted by Gasteiger charge is -2.32. The molecule has 1 atom stereocenters. The van der Waals surface area contributed by atoms with Crippen LogP contribution in [0.4, 0.5) is 17.7 Å². The summed E-state index contributed by atoms with van der Waals surface area (Å²) in [6.45, 7) is 6.89. The van der Waals surface area contributed by atoms with Crippen molar-refractivity contribution in [2.24, 2.45) is 0 Å². The number of likely N-dealkylation sites (tertiary alicyclic amines) is 1. The van der Waals surface area contributed by atoms with Gasteiger partial charge in [-0.1, -0.05) is 13.8 Å². The fourth-order valence-corrected chi connectivity index (χ4v) is 5.04. The Hall–Kier alpha value is -2.64. The zero-order valence-electron chi connectivity index (χ0n) is 18.7. The Morgan fingerprint density at radius 3 is 2.71 bits per heavy atom. The van der Waals surface area contributed by atoms with Gasteiger partial charge in [-0.05, 0) is 57.3 Å². The molecule has 4 heterocycles. The Morgan fingerprint density at radius 1 is 1.10 bits per heavy atom. The number of piperidine rings is 1. The number of aromatic nitrogens is 4. The van der Waals surface area contributed by atoms with Crippen molar-refractivity contribution in [3.8, 4) is 0 Å². The van der Waals surface area contributed by atoms with Crippen LogP contribution in [-0.4, -0.2) is 56.4 Å². The van der Waals surface area contributed by atoms with Crippen molar-refractivity contribution in [1.82, 2.24) is 24.8 Å². The van der Waals surface area contributed by atoms with Crippen molar-refractivity contribution in [2.75, 3.05) is 29.9 Å². The van der Waals surface area contributed by atoms with Crippen LogP contribution in [0.2, 0.25) is 0 Å². The van der Waals surface area contributed by atoms with E-state index in [1.807, 2.05) is 6.20 Å². The van der Waals surface area contributed by atoms with Gasteiger partial charge in [-0.2, -0.15) is 4.98 Å². The first-order valence-electron chi connectivity index (χ1n) is 11.9. The molecule has 1 aliphatic carbocycles. The van der Waals surface area contributed by atoms with Gasteiger partial charge in [0.2, 0.25) is 17.8 Å². The van der Waals surface area contributed by atoms with Gasteiger partial charge in [0.25, 0.3) is 0 Å². The number of aryl methyl sites for hydroxylation is 1. The number of aromatic amines is 1. The SMILES string of the molecule is CC(C)c1cnc(Nc2nc(N3CCC[C@H]3C(=O)N3CCCCC3)nc3c2CCC3)[nH]1. The fraction of sp³-hybridized carbons (Fsp3) is 0.652. The van der Waals surface area contributed by atoms with Gasteiger partial charge in [0.05, 0.1) is 11.9 Å². The van der Waals surface area contributed by atoms with E-state index in [2.05, 4.69) is 38.9 Å². The molecule has 2 aliphatic heterocycles. The summed E-state index contributed by atoms with van der Waals surface area (Å²) in [5.41, 5.74) is 3.39. The second-order valence-corrected chi connectivity index (χ2v) is 9.36. The van der Waals surface area contributed by atoms with Crippen LogP contribution >= 0.6 is 0 Å². The van der Waals surface area contributed by atoms with Crippen LogP contribution in [-0.2, 0) is 17.6 Å². The van der Waals surface area contributed by atoms with E-state index in [0.717, 1.165) is 81.8 Å². The van der Waals surface area contributed by atoms with Gasteiger partial charge >= 0.3 is 0 Å². The van der Waals surface area contributed by atoms with E-state index in [0.29, 0.717) is 17.8 Å². The standard InChI is InChI=1S/C23H33N7O/c1-15(2)18-14-24-22(25-18)27-20-16-8-6-9-17(16)26-23(28-20)30-13-7-10-19(30)21(31)29-11-4-3-5-12-29/h14-15,19H,3-13H2,1-2H3,(H2,24,25,26,27,28)/t19-/m0/s1. The number of nitrogens with one attached hydrogen (secondary N) is 2. The highest BCUT2D eigenvalue weighted by molar-refractivity contribution is 5.85. The lowest BCUT2D eigenvalue weighted by atomic mass is 10.1. The third kappa shape index (κ3) is 4.00. The maximum absolute atomic E-state index is 13.3. The van der Waals surface area contributed by atoms with Crippen LogP contribution in [0.1, 0.15) is 75.2 Å². The molecule has 8 heteroatoms. The number of amides is 1. The fourth-order valence-electron chi connectivity index (χ4n) is 5.04. The molecular formula is C23H33N7O. The number of carbonyl (C=O) groups excluding carboxylic acids is 1. The van der Waals surface area contributed by atoms with Crippen molar-refractivity contribution in [3.05, 3.63) is 23.1 Å². The van der Waals surface area contributed by atoms with Gasteiger partial charge in [0, 0.05) is 30.9 Å². The van der Waals surface area contributed by atoms with Gasteiger partial charge < -0.3 is 20.1 Å². The number of hydrogen-bond donors (Lipinski definition) is 2. The Balaban J connectivity index is 1.42. The lowest BCUT2D eigenvalue weighted by molar-refractivity contribution is -0.133. The molecule has 0 aromatic carbocycles. The zero-order chi connectivity index (χ0) is 21.4. The highest BCUT2D eigenvalue weighted by atomic mass is 16.2. The maximum Gasteiger partial charge on any atom is 0.245 e. The molecule has 31 heavy (non-hydrogen) atoms. The predicted molar refractivity (Wildman–Crippen MR) is 121 cm³/mol. The van der Waals surface area contributed by atoms with Crippen molar-refractivity contribution in [3.63, 3.8) is 0 Å². The minimum absolute atomic E-state index is 0.137. The first kappa shape index (κ1) is 20.3. The number of H-pyrrole nitrogens is 1. The Bertz CT molecular complexity index is 947. The number of carbonyl (C=O) groups is 1. The lowest BCUT2D eigenvalue weighted by Crippen LogP contribution is -2.48. The first-order valence-corrected chi connectivity index (χ1v) is 11.9. The highest BCUT2D eigenvalue weighted by Crippen LogP contribution is 2.33. The Kier molecular flexibility index (Phi) is 5.54. The molecule has 0 bridgehead atoms. The van der Waals surface area contributed by atoms with Crippen LogP contribution in [0.3, 0.4) is 0 Å². The van der Waals surface area contributed by atoms with E-state index in [1.54, 1.807) is 0 Å². The van der Waals surface area contributed by atoms with Crippen molar-refractivity contribution < 1.29 is 4.79 Å². The Morgan fingerprint density at radius 2 is 1.94 bits per heavy atom. The molecule has 1 amide bonds. The second-order valence-electron chi connectivity index (χ2n) is 9.36. The van der Waals surface area contributed by atoms with Gasteiger partial charge in [-0.3, -0.25) is 4.79 Å². The van der Waals surface area contributed by atoms with E-state index < -0.39 is 0 Å². The summed E-state index contributed by atoms with van der Waals surface area (Å²) in [6.07, 6.45) is 10.3. The van der Waals surface area contributed by atoms with Crippen LogP contribution in [0, 0.1) is 0 Å². The third-order valence-corrected chi connectivity index (χ3v) is 6.84.